The van der Waals surface area contributed by atoms with Gasteiger partial charge in [0.2, 0.25) is 0 Å². The highest BCUT2D eigenvalue weighted by Gasteiger charge is 2.23. The van der Waals surface area contributed by atoms with Gasteiger partial charge < -0.3 is 5.32 Å². The number of aromatic nitrogens is 3. The van der Waals surface area contributed by atoms with Gasteiger partial charge in [-0.1, -0.05) is 18.2 Å². The number of amides is 2. The molecule has 0 saturated carbocycles. The molecule has 1 aromatic carbocycles. The quantitative estimate of drug-likeness (QED) is 0.746. The van der Waals surface area contributed by atoms with E-state index in [1.165, 1.54) is 6.20 Å². The number of benzene rings is 1. The normalized spacial score (nSPS) is 14.5. The van der Waals surface area contributed by atoms with E-state index in [0.717, 1.165) is 5.69 Å². The van der Waals surface area contributed by atoms with Gasteiger partial charge in [0.1, 0.15) is 5.82 Å². The lowest BCUT2D eigenvalue weighted by Crippen LogP contribution is -2.28. The molecule has 1 fully saturated rings. The van der Waals surface area contributed by atoms with E-state index in [1.54, 1.807) is 15.6 Å². The molecule has 2 N–H and O–H groups in total. The Kier molecular flexibility index (Phi) is 2.72. The second-order valence-corrected chi connectivity index (χ2v) is 5.06. The summed E-state index contributed by atoms with van der Waals surface area (Å²) >= 11 is 0. The summed E-state index contributed by atoms with van der Waals surface area (Å²) in [5.74, 6) is 0.534. The summed E-state index contributed by atoms with van der Waals surface area (Å²) in [6.45, 7) is 1.16. The number of hydrogen-bond donors (Lipinski definition) is 2. The van der Waals surface area contributed by atoms with Crippen molar-refractivity contribution in [2.75, 3.05) is 18.0 Å². The first-order valence-electron chi connectivity index (χ1n) is 6.95. The van der Waals surface area contributed by atoms with Crippen LogP contribution in [0.25, 0.3) is 16.6 Å². The molecule has 2 amide bonds. The van der Waals surface area contributed by atoms with Gasteiger partial charge in [0, 0.05) is 25.4 Å². The van der Waals surface area contributed by atoms with Gasteiger partial charge in [-0.15, -0.1) is 0 Å². The molecule has 3 aromatic rings. The SMILES string of the molecule is O=C1NCCN1c1cc2c(cn1)c(=O)[nH]n2-c1ccccc1. The minimum Gasteiger partial charge on any atom is -0.336 e. The fraction of sp³-hybridized carbons (Fsp3) is 0.133. The average molecular weight is 295 g/mol. The molecule has 22 heavy (non-hydrogen) atoms. The van der Waals surface area contributed by atoms with Crippen LogP contribution in [0.4, 0.5) is 10.6 Å². The monoisotopic (exact) mass is 295 g/mol. The summed E-state index contributed by atoms with van der Waals surface area (Å²) in [5.41, 5.74) is 1.34. The molecule has 0 bridgehead atoms. The maximum absolute atomic E-state index is 12.1. The topological polar surface area (TPSA) is 83.0 Å². The van der Waals surface area contributed by atoms with Crippen molar-refractivity contribution in [2.24, 2.45) is 0 Å². The van der Waals surface area contributed by atoms with Crippen LogP contribution in [0.2, 0.25) is 0 Å². The summed E-state index contributed by atoms with van der Waals surface area (Å²) in [6.07, 6.45) is 1.51. The second kappa shape index (κ2) is 4.73. The third-order valence-electron chi connectivity index (χ3n) is 3.71. The van der Waals surface area contributed by atoms with E-state index in [4.69, 9.17) is 0 Å². The first-order chi connectivity index (χ1) is 10.7. The molecule has 7 nitrogen and oxygen atoms in total. The number of fused-ring (bicyclic) bond motifs is 1. The number of aromatic amines is 1. The zero-order valence-electron chi connectivity index (χ0n) is 11.6. The van der Waals surface area contributed by atoms with E-state index in [2.05, 4.69) is 15.4 Å². The van der Waals surface area contributed by atoms with Crippen LogP contribution >= 0.6 is 0 Å². The highest BCUT2D eigenvalue weighted by molar-refractivity contribution is 5.95. The Bertz CT molecular complexity index is 913. The molecule has 1 aliphatic rings. The number of hydrogen-bond acceptors (Lipinski definition) is 3. The summed E-state index contributed by atoms with van der Waals surface area (Å²) in [6, 6.07) is 11.1. The number of anilines is 1. The lowest BCUT2D eigenvalue weighted by Gasteiger charge is -2.13. The Labute approximate surface area is 125 Å². The van der Waals surface area contributed by atoms with Crippen molar-refractivity contribution in [3.63, 3.8) is 0 Å². The molecule has 2 aromatic heterocycles. The lowest BCUT2D eigenvalue weighted by atomic mass is 10.3. The van der Waals surface area contributed by atoms with Crippen LogP contribution in [0.3, 0.4) is 0 Å². The van der Waals surface area contributed by atoms with E-state index in [1.807, 2.05) is 30.3 Å². The minimum atomic E-state index is -0.205. The van der Waals surface area contributed by atoms with E-state index >= 15 is 0 Å². The zero-order chi connectivity index (χ0) is 15.1. The first-order valence-corrected chi connectivity index (χ1v) is 6.95. The first kappa shape index (κ1) is 12.6. The summed E-state index contributed by atoms with van der Waals surface area (Å²) in [5, 5.41) is 6.03. The maximum Gasteiger partial charge on any atom is 0.323 e. The maximum atomic E-state index is 12.1. The van der Waals surface area contributed by atoms with Crippen LogP contribution in [0.5, 0.6) is 0 Å². The molecule has 1 saturated heterocycles. The zero-order valence-corrected chi connectivity index (χ0v) is 11.6. The smallest absolute Gasteiger partial charge is 0.323 e. The van der Waals surface area contributed by atoms with Crippen LogP contribution < -0.4 is 15.8 Å². The van der Waals surface area contributed by atoms with Crippen LogP contribution in [-0.2, 0) is 0 Å². The third-order valence-corrected chi connectivity index (χ3v) is 3.71. The van der Waals surface area contributed by atoms with Crippen molar-refractivity contribution in [1.29, 1.82) is 0 Å². The van der Waals surface area contributed by atoms with E-state index in [-0.39, 0.29) is 11.6 Å². The van der Waals surface area contributed by atoms with Crippen LogP contribution in [0, 0.1) is 0 Å². The molecule has 0 atom stereocenters. The van der Waals surface area contributed by atoms with Crippen LogP contribution in [-0.4, -0.2) is 33.9 Å². The van der Waals surface area contributed by atoms with Crippen molar-refractivity contribution < 1.29 is 4.79 Å². The highest BCUT2D eigenvalue weighted by atomic mass is 16.2. The average Bonchev–Trinajstić information content (AvgIpc) is 3.12. The van der Waals surface area contributed by atoms with Gasteiger partial charge in [-0.05, 0) is 12.1 Å². The molecule has 0 radical (unpaired) electrons. The Morgan fingerprint density at radius 3 is 2.68 bits per heavy atom. The Morgan fingerprint density at radius 1 is 1.14 bits per heavy atom. The minimum absolute atomic E-state index is 0.170. The van der Waals surface area contributed by atoms with Gasteiger partial charge in [0.15, 0.2) is 0 Å². The Balaban J connectivity index is 1.91. The second-order valence-electron chi connectivity index (χ2n) is 5.06. The number of pyridine rings is 1. The molecule has 0 aliphatic carbocycles. The number of nitrogens with zero attached hydrogens (tertiary/aromatic N) is 3. The van der Waals surface area contributed by atoms with Crippen molar-refractivity contribution in [1.82, 2.24) is 20.1 Å². The van der Waals surface area contributed by atoms with Gasteiger partial charge >= 0.3 is 6.03 Å². The van der Waals surface area contributed by atoms with Gasteiger partial charge in [0.05, 0.1) is 16.6 Å². The molecule has 4 rings (SSSR count). The number of rotatable bonds is 2. The largest absolute Gasteiger partial charge is 0.336 e. The predicted octanol–water partition coefficient (Wildman–Crippen LogP) is 1.24. The van der Waals surface area contributed by atoms with E-state index in [0.29, 0.717) is 29.8 Å². The molecule has 3 heterocycles. The highest BCUT2D eigenvalue weighted by Crippen LogP contribution is 2.20. The Morgan fingerprint density at radius 2 is 1.95 bits per heavy atom. The number of carbonyl (C=O) groups excluding carboxylic acids is 1. The Hall–Kier alpha value is -3.09. The third kappa shape index (κ3) is 1.86. The van der Waals surface area contributed by atoms with Crippen molar-refractivity contribution in [3.8, 4) is 5.69 Å². The molecule has 0 spiro atoms. The number of urea groups is 1. The number of H-pyrrole nitrogens is 1. The number of para-hydroxylation sites is 1. The van der Waals surface area contributed by atoms with Gasteiger partial charge in [0.25, 0.3) is 5.56 Å². The van der Waals surface area contributed by atoms with Crippen molar-refractivity contribution in [2.45, 2.75) is 0 Å². The summed E-state index contributed by atoms with van der Waals surface area (Å²) in [7, 11) is 0. The van der Waals surface area contributed by atoms with Crippen LogP contribution in [0.15, 0.2) is 47.4 Å². The van der Waals surface area contributed by atoms with Crippen LogP contribution in [0.1, 0.15) is 0 Å². The molecule has 110 valence electrons. The fourth-order valence-corrected chi connectivity index (χ4v) is 2.63. The van der Waals surface area contributed by atoms with Crippen molar-refractivity contribution >= 4 is 22.8 Å². The van der Waals surface area contributed by atoms with E-state index in [9.17, 15) is 9.59 Å². The van der Waals surface area contributed by atoms with Gasteiger partial charge in [-0.2, -0.15) is 0 Å². The molecular formula is C15H13N5O2. The molecule has 7 heteroatoms. The van der Waals surface area contributed by atoms with E-state index < -0.39 is 0 Å². The summed E-state index contributed by atoms with van der Waals surface area (Å²) < 4.78 is 1.71. The molecule has 0 unspecified atom stereocenters. The predicted molar refractivity (Wildman–Crippen MR) is 82.4 cm³/mol. The molecule has 1 aliphatic heterocycles. The summed E-state index contributed by atoms with van der Waals surface area (Å²) in [4.78, 5) is 29.6. The van der Waals surface area contributed by atoms with Crippen molar-refractivity contribution in [3.05, 3.63) is 52.9 Å². The van der Waals surface area contributed by atoms with Gasteiger partial charge in [-0.25, -0.2) is 9.78 Å². The number of nitrogens with one attached hydrogen (secondary N) is 2. The molecular weight excluding hydrogens is 282 g/mol. The van der Waals surface area contributed by atoms with Gasteiger partial charge in [-0.3, -0.25) is 19.5 Å². The number of carbonyl (C=O) groups is 1. The standard InChI is InChI=1S/C15H13N5O2/c21-14-11-9-17-13(19-7-6-16-15(19)22)8-12(11)20(18-14)10-4-2-1-3-5-10/h1-5,8-9H,6-7H2,(H,16,22)(H,18,21). The lowest BCUT2D eigenvalue weighted by molar-refractivity contribution is 0.252. The fourth-order valence-electron chi connectivity index (χ4n) is 2.63.